The van der Waals surface area contributed by atoms with Crippen molar-refractivity contribution in [1.82, 2.24) is 5.32 Å². The Bertz CT molecular complexity index is 668. The second-order valence-corrected chi connectivity index (χ2v) is 5.53. The molecule has 0 aromatic heterocycles. The van der Waals surface area contributed by atoms with Crippen LogP contribution in [0.3, 0.4) is 0 Å². The van der Waals surface area contributed by atoms with E-state index in [-0.39, 0.29) is 5.91 Å². The van der Waals surface area contributed by atoms with Crippen molar-refractivity contribution in [3.63, 3.8) is 0 Å². The predicted octanol–water partition coefficient (Wildman–Crippen LogP) is 3.08. The first-order valence-corrected chi connectivity index (χ1v) is 7.80. The van der Waals surface area contributed by atoms with Crippen LogP contribution in [0.25, 0.3) is 0 Å². The fraction of sp³-hybridized carbons (Fsp3) is 0.316. The summed E-state index contributed by atoms with van der Waals surface area (Å²) in [4.78, 5) is 12.0. The lowest BCUT2D eigenvalue weighted by atomic mass is 10.1. The Morgan fingerprint density at radius 3 is 2.65 bits per heavy atom. The SMILES string of the molecule is COc1ccccc1CCNCC(=O)Nc1cccc(C)c1C. The Kier molecular flexibility index (Phi) is 6.18. The Hall–Kier alpha value is -2.33. The van der Waals surface area contributed by atoms with Crippen molar-refractivity contribution < 1.29 is 9.53 Å². The number of nitrogens with one attached hydrogen (secondary N) is 2. The van der Waals surface area contributed by atoms with Crippen LogP contribution in [-0.2, 0) is 11.2 Å². The van der Waals surface area contributed by atoms with E-state index in [4.69, 9.17) is 4.74 Å². The molecule has 1 amide bonds. The smallest absolute Gasteiger partial charge is 0.238 e. The lowest BCUT2D eigenvalue weighted by Crippen LogP contribution is -2.29. The molecule has 0 bridgehead atoms. The number of aryl methyl sites for hydroxylation is 1. The van der Waals surface area contributed by atoms with Crippen LogP contribution in [0.5, 0.6) is 5.75 Å². The van der Waals surface area contributed by atoms with Crippen molar-refractivity contribution in [3.8, 4) is 5.75 Å². The highest BCUT2D eigenvalue weighted by molar-refractivity contribution is 5.93. The third kappa shape index (κ3) is 4.83. The molecular weight excluding hydrogens is 288 g/mol. The molecule has 0 aliphatic carbocycles. The zero-order valence-corrected chi connectivity index (χ0v) is 14.0. The normalized spacial score (nSPS) is 10.4. The molecule has 4 nitrogen and oxygen atoms in total. The molecule has 0 unspecified atom stereocenters. The van der Waals surface area contributed by atoms with Crippen molar-refractivity contribution in [2.45, 2.75) is 20.3 Å². The molecule has 0 fully saturated rings. The van der Waals surface area contributed by atoms with E-state index in [1.807, 2.05) is 56.3 Å². The van der Waals surface area contributed by atoms with E-state index in [0.717, 1.165) is 35.5 Å². The number of amides is 1. The van der Waals surface area contributed by atoms with Gasteiger partial charge in [-0.15, -0.1) is 0 Å². The van der Waals surface area contributed by atoms with Crippen LogP contribution >= 0.6 is 0 Å². The molecule has 2 aromatic rings. The molecule has 122 valence electrons. The summed E-state index contributed by atoms with van der Waals surface area (Å²) in [6.45, 7) is 5.07. The summed E-state index contributed by atoms with van der Waals surface area (Å²) in [7, 11) is 1.67. The molecule has 2 N–H and O–H groups in total. The van der Waals surface area contributed by atoms with Crippen LogP contribution in [0.15, 0.2) is 42.5 Å². The van der Waals surface area contributed by atoms with Gasteiger partial charge in [-0.3, -0.25) is 4.79 Å². The number of carbonyl (C=O) groups excluding carboxylic acids is 1. The van der Waals surface area contributed by atoms with E-state index in [1.54, 1.807) is 7.11 Å². The van der Waals surface area contributed by atoms with Crippen LogP contribution in [0, 0.1) is 13.8 Å². The van der Waals surface area contributed by atoms with Crippen LogP contribution in [0.1, 0.15) is 16.7 Å². The van der Waals surface area contributed by atoms with Crippen molar-refractivity contribution in [2.24, 2.45) is 0 Å². The summed E-state index contributed by atoms with van der Waals surface area (Å²) < 4.78 is 5.32. The number of ether oxygens (including phenoxy) is 1. The zero-order chi connectivity index (χ0) is 16.7. The molecule has 0 saturated heterocycles. The maximum atomic E-state index is 12.0. The number of hydrogen-bond acceptors (Lipinski definition) is 3. The largest absolute Gasteiger partial charge is 0.496 e. The van der Waals surface area contributed by atoms with Gasteiger partial charge in [-0.05, 0) is 55.6 Å². The summed E-state index contributed by atoms with van der Waals surface area (Å²) in [5.41, 5.74) is 4.29. The average Bonchev–Trinajstić information content (AvgIpc) is 2.56. The number of methoxy groups -OCH3 is 1. The minimum Gasteiger partial charge on any atom is -0.496 e. The van der Waals surface area contributed by atoms with Crippen LogP contribution in [-0.4, -0.2) is 26.1 Å². The molecule has 0 saturated carbocycles. The molecule has 4 heteroatoms. The summed E-state index contributed by atoms with van der Waals surface area (Å²) >= 11 is 0. The Balaban J connectivity index is 1.78. The van der Waals surface area contributed by atoms with E-state index in [2.05, 4.69) is 10.6 Å². The summed E-state index contributed by atoms with van der Waals surface area (Å²) in [5, 5.41) is 6.12. The standard InChI is InChI=1S/C19H24N2O2/c1-14-7-6-9-17(15(14)2)21-19(22)13-20-12-11-16-8-4-5-10-18(16)23-3/h4-10,20H,11-13H2,1-3H3,(H,21,22). The van der Waals surface area contributed by atoms with Crippen molar-refractivity contribution in [1.29, 1.82) is 0 Å². The van der Waals surface area contributed by atoms with Gasteiger partial charge in [0.05, 0.1) is 13.7 Å². The zero-order valence-electron chi connectivity index (χ0n) is 14.0. The highest BCUT2D eigenvalue weighted by atomic mass is 16.5. The monoisotopic (exact) mass is 312 g/mol. The fourth-order valence-corrected chi connectivity index (χ4v) is 2.42. The molecule has 0 spiro atoms. The average molecular weight is 312 g/mol. The number of anilines is 1. The fourth-order valence-electron chi connectivity index (χ4n) is 2.42. The van der Waals surface area contributed by atoms with Gasteiger partial charge >= 0.3 is 0 Å². The Labute approximate surface area is 137 Å². The third-order valence-corrected chi connectivity index (χ3v) is 3.93. The maximum Gasteiger partial charge on any atom is 0.238 e. The molecule has 0 aliphatic rings. The van der Waals surface area contributed by atoms with E-state index >= 15 is 0 Å². The van der Waals surface area contributed by atoms with E-state index in [1.165, 1.54) is 5.56 Å². The molecule has 0 aliphatic heterocycles. The predicted molar refractivity (Wildman–Crippen MR) is 94.1 cm³/mol. The van der Waals surface area contributed by atoms with Gasteiger partial charge in [-0.2, -0.15) is 0 Å². The Morgan fingerprint density at radius 1 is 1.09 bits per heavy atom. The maximum absolute atomic E-state index is 12.0. The first kappa shape index (κ1) is 17.0. The highest BCUT2D eigenvalue weighted by Gasteiger charge is 2.06. The summed E-state index contributed by atoms with van der Waals surface area (Å²) in [6.07, 6.45) is 0.820. The molecule has 0 radical (unpaired) electrons. The van der Waals surface area contributed by atoms with Gasteiger partial charge in [0, 0.05) is 5.69 Å². The second-order valence-electron chi connectivity index (χ2n) is 5.53. The Morgan fingerprint density at radius 2 is 1.87 bits per heavy atom. The van der Waals surface area contributed by atoms with Gasteiger partial charge in [-0.1, -0.05) is 30.3 Å². The molecule has 0 atom stereocenters. The van der Waals surface area contributed by atoms with Gasteiger partial charge in [0.2, 0.25) is 5.91 Å². The molecule has 0 heterocycles. The number of carbonyl (C=O) groups is 1. The quantitative estimate of drug-likeness (QED) is 0.773. The molecule has 23 heavy (non-hydrogen) atoms. The first-order valence-electron chi connectivity index (χ1n) is 7.80. The lowest BCUT2D eigenvalue weighted by molar-refractivity contribution is -0.115. The van der Waals surface area contributed by atoms with Crippen molar-refractivity contribution in [2.75, 3.05) is 25.5 Å². The van der Waals surface area contributed by atoms with E-state index in [0.29, 0.717) is 6.54 Å². The molecule has 2 rings (SSSR count). The lowest BCUT2D eigenvalue weighted by Gasteiger charge is -2.11. The van der Waals surface area contributed by atoms with Gasteiger partial charge in [0.25, 0.3) is 0 Å². The highest BCUT2D eigenvalue weighted by Crippen LogP contribution is 2.18. The second kappa shape index (κ2) is 8.34. The van der Waals surface area contributed by atoms with Crippen LogP contribution in [0.4, 0.5) is 5.69 Å². The van der Waals surface area contributed by atoms with E-state index < -0.39 is 0 Å². The first-order chi connectivity index (χ1) is 11.1. The summed E-state index contributed by atoms with van der Waals surface area (Å²) in [6, 6.07) is 13.8. The molecule has 2 aromatic carbocycles. The minimum absolute atomic E-state index is 0.0290. The van der Waals surface area contributed by atoms with Crippen LogP contribution in [0.2, 0.25) is 0 Å². The molecular formula is C19H24N2O2. The van der Waals surface area contributed by atoms with Crippen molar-refractivity contribution >= 4 is 11.6 Å². The number of benzene rings is 2. The van der Waals surface area contributed by atoms with Crippen LogP contribution < -0.4 is 15.4 Å². The van der Waals surface area contributed by atoms with Gasteiger partial charge in [-0.25, -0.2) is 0 Å². The number of para-hydroxylation sites is 1. The van der Waals surface area contributed by atoms with Gasteiger partial charge in [0.1, 0.15) is 5.75 Å². The van der Waals surface area contributed by atoms with E-state index in [9.17, 15) is 4.79 Å². The third-order valence-electron chi connectivity index (χ3n) is 3.93. The topological polar surface area (TPSA) is 50.4 Å². The van der Waals surface area contributed by atoms with Gasteiger partial charge in [0.15, 0.2) is 0 Å². The van der Waals surface area contributed by atoms with Gasteiger partial charge < -0.3 is 15.4 Å². The summed E-state index contributed by atoms with van der Waals surface area (Å²) in [5.74, 6) is 0.855. The minimum atomic E-state index is -0.0290. The number of rotatable bonds is 7. The van der Waals surface area contributed by atoms with Crippen molar-refractivity contribution in [3.05, 3.63) is 59.2 Å². The number of hydrogen-bond donors (Lipinski definition) is 2.